The minimum atomic E-state index is -3.46. The van der Waals surface area contributed by atoms with Gasteiger partial charge in [-0.05, 0) is 55.8 Å². The van der Waals surface area contributed by atoms with Gasteiger partial charge in [0.15, 0.2) is 5.13 Å². The second-order valence-electron chi connectivity index (χ2n) is 6.78. The van der Waals surface area contributed by atoms with Crippen LogP contribution in [0.2, 0.25) is 0 Å². The van der Waals surface area contributed by atoms with Gasteiger partial charge in [0.05, 0.1) is 10.7 Å². The van der Waals surface area contributed by atoms with Crippen LogP contribution in [0.1, 0.15) is 18.7 Å². The van der Waals surface area contributed by atoms with E-state index in [1.807, 2.05) is 25.2 Å². The van der Waals surface area contributed by atoms with Crippen molar-refractivity contribution in [1.82, 2.24) is 14.6 Å². The van der Waals surface area contributed by atoms with Crippen molar-refractivity contribution in [2.75, 3.05) is 31.5 Å². The third-order valence-electron chi connectivity index (χ3n) is 4.49. The van der Waals surface area contributed by atoms with Gasteiger partial charge in [0, 0.05) is 42.9 Å². The number of aliphatic hydroxyl groups excluding tert-OH is 1. The molecule has 30 heavy (non-hydrogen) atoms. The molecule has 2 heterocycles. The summed E-state index contributed by atoms with van der Waals surface area (Å²) in [4.78, 5) is 5.61. The van der Waals surface area contributed by atoms with Gasteiger partial charge < -0.3 is 15.7 Å². The Kier molecular flexibility index (Phi) is 7.43. The van der Waals surface area contributed by atoms with Crippen LogP contribution >= 0.6 is 11.3 Å². The van der Waals surface area contributed by atoms with Crippen LogP contribution in [0.4, 0.5) is 10.8 Å². The molecular weight excluding hydrogens is 420 g/mol. The van der Waals surface area contributed by atoms with Crippen LogP contribution in [0.15, 0.2) is 64.9 Å². The van der Waals surface area contributed by atoms with Gasteiger partial charge in [-0.15, -0.1) is 0 Å². The first kappa shape index (κ1) is 22.2. The number of aromatic nitrogens is 1. The molecule has 1 aromatic carbocycles. The predicted molar refractivity (Wildman–Crippen MR) is 123 cm³/mol. The van der Waals surface area contributed by atoms with Gasteiger partial charge in [0.2, 0.25) is 10.0 Å². The van der Waals surface area contributed by atoms with E-state index >= 15 is 0 Å². The van der Waals surface area contributed by atoms with Crippen LogP contribution in [0.5, 0.6) is 0 Å². The third-order valence-corrected chi connectivity index (χ3v) is 7.28. The first-order valence-electron chi connectivity index (χ1n) is 9.64. The fraction of sp³-hybridized carbons (Fsp3) is 0.286. The molecule has 3 rings (SSSR count). The SMILES string of the molecule is C/C=C(/C=C/c1cnc(Nc2ccc(S(=O)(=O)N3CCNCC3)cc2)s1)\C=C(/C)O. The highest BCUT2D eigenvalue weighted by molar-refractivity contribution is 7.89. The average Bonchev–Trinajstić information content (AvgIpc) is 3.19. The van der Waals surface area contributed by atoms with Gasteiger partial charge >= 0.3 is 0 Å². The van der Waals surface area contributed by atoms with E-state index in [1.54, 1.807) is 43.5 Å². The number of piperazine rings is 1. The molecule has 1 aromatic heterocycles. The predicted octanol–water partition coefficient (Wildman–Crippen LogP) is 3.90. The lowest BCUT2D eigenvalue weighted by molar-refractivity contribution is 0.360. The van der Waals surface area contributed by atoms with Crippen molar-refractivity contribution in [3.05, 3.63) is 64.9 Å². The molecule has 7 nitrogen and oxygen atoms in total. The molecule has 1 saturated heterocycles. The van der Waals surface area contributed by atoms with Gasteiger partial charge in [-0.25, -0.2) is 13.4 Å². The maximum absolute atomic E-state index is 12.7. The molecular formula is C21H26N4O3S2. The number of thiazole rings is 1. The van der Waals surface area contributed by atoms with Crippen LogP contribution < -0.4 is 10.6 Å². The number of aliphatic hydroxyl groups is 1. The lowest BCUT2D eigenvalue weighted by Crippen LogP contribution is -2.46. The van der Waals surface area contributed by atoms with E-state index in [0.717, 1.165) is 16.1 Å². The van der Waals surface area contributed by atoms with Crippen molar-refractivity contribution in [3.8, 4) is 0 Å². The second kappa shape index (κ2) is 10.0. The van der Waals surface area contributed by atoms with Gasteiger partial charge in [-0.1, -0.05) is 23.5 Å². The summed E-state index contributed by atoms with van der Waals surface area (Å²) in [5.41, 5.74) is 1.67. The monoisotopic (exact) mass is 446 g/mol. The third kappa shape index (κ3) is 5.79. The van der Waals surface area contributed by atoms with Crippen molar-refractivity contribution in [1.29, 1.82) is 0 Å². The van der Waals surface area contributed by atoms with Crippen LogP contribution in [0.3, 0.4) is 0 Å². The number of benzene rings is 1. The molecule has 0 amide bonds. The van der Waals surface area contributed by atoms with Crippen molar-refractivity contribution in [3.63, 3.8) is 0 Å². The highest BCUT2D eigenvalue weighted by Crippen LogP contribution is 2.25. The lowest BCUT2D eigenvalue weighted by Gasteiger charge is -2.26. The van der Waals surface area contributed by atoms with Crippen molar-refractivity contribution < 1.29 is 13.5 Å². The topological polar surface area (TPSA) is 94.6 Å². The summed E-state index contributed by atoms with van der Waals surface area (Å²) in [6, 6.07) is 6.74. The Labute approximate surface area is 181 Å². The largest absolute Gasteiger partial charge is 0.513 e. The van der Waals surface area contributed by atoms with Crippen molar-refractivity contribution >= 4 is 38.3 Å². The maximum Gasteiger partial charge on any atom is 0.243 e. The van der Waals surface area contributed by atoms with E-state index in [-0.39, 0.29) is 5.76 Å². The van der Waals surface area contributed by atoms with Crippen LogP contribution in [0, 0.1) is 0 Å². The summed E-state index contributed by atoms with van der Waals surface area (Å²) in [5.74, 6) is 0.252. The molecule has 0 atom stereocenters. The Morgan fingerprint density at radius 1 is 1.27 bits per heavy atom. The summed E-state index contributed by atoms with van der Waals surface area (Å²) < 4.78 is 26.9. The Hall–Kier alpha value is -2.46. The van der Waals surface area contributed by atoms with E-state index in [9.17, 15) is 13.5 Å². The second-order valence-corrected chi connectivity index (χ2v) is 9.78. The number of sulfonamides is 1. The highest BCUT2D eigenvalue weighted by atomic mass is 32.2. The zero-order valence-electron chi connectivity index (χ0n) is 17.0. The molecule has 1 aliphatic heterocycles. The summed E-state index contributed by atoms with van der Waals surface area (Å²) in [5, 5.41) is 16.5. The molecule has 0 unspecified atom stereocenters. The van der Waals surface area contributed by atoms with E-state index < -0.39 is 10.0 Å². The fourth-order valence-corrected chi connectivity index (χ4v) is 5.12. The molecule has 0 bridgehead atoms. The molecule has 1 fully saturated rings. The zero-order chi connectivity index (χ0) is 21.6. The summed E-state index contributed by atoms with van der Waals surface area (Å²) in [6.45, 7) is 5.86. The average molecular weight is 447 g/mol. The molecule has 0 aliphatic carbocycles. The van der Waals surface area contributed by atoms with Gasteiger partial charge in [-0.3, -0.25) is 0 Å². The normalized spacial score (nSPS) is 16.9. The van der Waals surface area contributed by atoms with Crippen LogP contribution in [0.25, 0.3) is 6.08 Å². The lowest BCUT2D eigenvalue weighted by atomic mass is 10.2. The van der Waals surface area contributed by atoms with Crippen LogP contribution in [-0.4, -0.2) is 49.0 Å². The van der Waals surface area contributed by atoms with Gasteiger partial charge in [0.1, 0.15) is 0 Å². The van der Waals surface area contributed by atoms with Crippen molar-refractivity contribution in [2.24, 2.45) is 0 Å². The number of rotatable bonds is 7. The molecule has 9 heteroatoms. The zero-order valence-corrected chi connectivity index (χ0v) is 18.6. The highest BCUT2D eigenvalue weighted by Gasteiger charge is 2.25. The smallest absolute Gasteiger partial charge is 0.243 e. The quantitative estimate of drug-likeness (QED) is 0.441. The number of allylic oxidation sites excluding steroid dienone is 5. The number of hydrogen-bond donors (Lipinski definition) is 3. The summed E-state index contributed by atoms with van der Waals surface area (Å²) >= 11 is 1.48. The molecule has 1 aliphatic rings. The molecule has 3 N–H and O–H groups in total. The van der Waals surface area contributed by atoms with Crippen molar-refractivity contribution in [2.45, 2.75) is 18.7 Å². The Balaban J connectivity index is 1.66. The number of hydrogen-bond acceptors (Lipinski definition) is 7. The Bertz CT molecular complexity index is 1040. The standard InChI is InChI=1S/C21H26N4O3S2/c1-3-17(14-16(2)26)4-7-19-15-23-21(29-19)24-18-5-8-20(9-6-18)30(27,28)25-12-10-22-11-13-25/h3-9,14-15,22,26H,10-13H2,1-2H3,(H,23,24)/b7-4+,16-14+,17-3-. The fourth-order valence-electron chi connectivity index (χ4n) is 2.94. The first-order chi connectivity index (χ1) is 14.4. The van der Waals surface area contributed by atoms with E-state index in [2.05, 4.69) is 15.6 Å². The first-order valence-corrected chi connectivity index (χ1v) is 11.9. The van der Waals surface area contributed by atoms with Crippen LogP contribution in [-0.2, 0) is 10.0 Å². The molecule has 0 radical (unpaired) electrons. The molecule has 0 spiro atoms. The number of anilines is 2. The van der Waals surface area contributed by atoms with Gasteiger partial charge in [-0.2, -0.15) is 4.31 Å². The summed E-state index contributed by atoms with van der Waals surface area (Å²) in [6.07, 6.45) is 9.20. The molecule has 160 valence electrons. The Morgan fingerprint density at radius 2 is 1.97 bits per heavy atom. The number of nitrogens with one attached hydrogen (secondary N) is 2. The van der Waals surface area contributed by atoms with E-state index in [1.165, 1.54) is 15.6 Å². The van der Waals surface area contributed by atoms with E-state index in [4.69, 9.17) is 0 Å². The minimum absolute atomic E-state index is 0.252. The van der Waals surface area contributed by atoms with Gasteiger partial charge in [0.25, 0.3) is 0 Å². The summed E-state index contributed by atoms with van der Waals surface area (Å²) in [7, 11) is -3.46. The van der Waals surface area contributed by atoms with E-state index in [0.29, 0.717) is 36.2 Å². The molecule has 2 aromatic rings. The minimum Gasteiger partial charge on any atom is -0.513 e. The Morgan fingerprint density at radius 3 is 2.60 bits per heavy atom. The molecule has 0 saturated carbocycles. The number of nitrogens with zero attached hydrogens (tertiary/aromatic N) is 2. The maximum atomic E-state index is 12.7.